The number of sulfone groups is 1. The summed E-state index contributed by atoms with van der Waals surface area (Å²) in [6.07, 6.45) is 0.957. The van der Waals surface area contributed by atoms with Gasteiger partial charge < -0.3 is 15.7 Å². The van der Waals surface area contributed by atoms with E-state index < -0.39 is 22.4 Å². The minimum absolute atomic E-state index is 0. The summed E-state index contributed by atoms with van der Waals surface area (Å²) in [4.78, 5) is 10.6. The number of rotatable bonds is 3. The molecule has 3 N–H and O–H groups in total. The number of aliphatic hydroxyl groups excluding tert-OH is 1. The summed E-state index contributed by atoms with van der Waals surface area (Å²) in [5.41, 5.74) is -0.331. The van der Waals surface area contributed by atoms with E-state index in [2.05, 4.69) is 0 Å². The number of carboxylic acid groups (broad SMARTS) is 1. The fraction of sp³-hybridized carbons (Fsp3) is 0.222. The van der Waals surface area contributed by atoms with Crippen molar-refractivity contribution in [2.75, 3.05) is 6.26 Å². The Morgan fingerprint density at radius 2 is 1.89 bits per heavy atom. The maximum absolute atomic E-state index is 11.3. The van der Waals surface area contributed by atoms with Crippen LogP contribution in [-0.4, -0.2) is 36.3 Å². The molecule has 0 saturated heterocycles. The smallest absolute Gasteiger partial charge is 0.870 e. The molecule has 0 radical (unpaired) electrons. The van der Waals surface area contributed by atoms with Crippen molar-refractivity contribution >= 4 is 27.4 Å². The molecule has 1 rings (SSSR count). The third-order valence-corrected chi connectivity index (χ3v) is 3.60. The molecule has 1 aromatic carbocycles. The van der Waals surface area contributed by atoms with E-state index in [9.17, 15) is 13.2 Å². The predicted octanol–water partition coefficient (Wildman–Crippen LogP) is -2.24. The third-order valence-electron chi connectivity index (χ3n) is 1.99. The summed E-state index contributed by atoms with van der Waals surface area (Å²) >= 11 is 5.71. The molecule has 0 unspecified atom stereocenters. The maximum atomic E-state index is 11.3. The van der Waals surface area contributed by atoms with E-state index in [1.54, 1.807) is 0 Å². The topological polar surface area (TPSA) is 122 Å². The third kappa shape index (κ3) is 4.20. The van der Waals surface area contributed by atoms with Gasteiger partial charge in [-0.25, -0.2) is 13.2 Å². The Kier molecular flexibility index (Phi) is 8.34. The molecule has 0 spiro atoms. The van der Waals surface area contributed by atoms with Crippen molar-refractivity contribution in [1.82, 2.24) is 0 Å². The minimum atomic E-state index is -3.55. The van der Waals surface area contributed by atoms with Gasteiger partial charge >= 0.3 is 35.5 Å². The van der Waals surface area contributed by atoms with Gasteiger partial charge in [0.25, 0.3) is 0 Å². The largest absolute Gasteiger partial charge is 1.00 e. The Balaban J connectivity index is 0. The fourth-order valence-electron chi connectivity index (χ4n) is 1.26. The van der Waals surface area contributed by atoms with E-state index in [1.165, 1.54) is 0 Å². The quantitative estimate of drug-likeness (QED) is 0.609. The number of hydrogen-bond acceptors (Lipinski definition) is 5. The number of benzene rings is 1. The Labute approximate surface area is 131 Å². The van der Waals surface area contributed by atoms with E-state index in [-0.39, 0.29) is 56.1 Å². The van der Waals surface area contributed by atoms with Gasteiger partial charge in [-0.1, -0.05) is 11.6 Å². The number of hydrogen-bond donors (Lipinski definition) is 2. The van der Waals surface area contributed by atoms with Gasteiger partial charge in [0.1, 0.15) is 0 Å². The average molecular weight is 305 g/mol. The number of halogens is 1. The molecule has 0 amide bonds. The minimum Gasteiger partial charge on any atom is -0.870 e. The molecule has 1 aromatic rings. The van der Waals surface area contributed by atoms with E-state index in [4.69, 9.17) is 21.8 Å². The maximum Gasteiger partial charge on any atom is 1.00 e. The van der Waals surface area contributed by atoms with Crippen LogP contribution in [-0.2, 0) is 16.4 Å². The summed E-state index contributed by atoms with van der Waals surface area (Å²) < 4.78 is 22.7. The van der Waals surface area contributed by atoms with Gasteiger partial charge in [-0.2, -0.15) is 0 Å². The zero-order chi connectivity index (χ0) is 12.5. The molecule has 9 heteroatoms. The van der Waals surface area contributed by atoms with Crippen LogP contribution < -0.4 is 29.6 Å². The second kappa shape index (κ2) is 7.44. The van der Waals surface area contributed by atoms with Crippen LogP contribution in [0.2, 0.25) is 5.02 Å². The van der Waals surface area contributed by atoms with Crippen molar-refractivity contribution in [3.8, 4) is 0 Å². The zero-order valence-electron chi connectivity index (χ0n) is 9.71. The van der Waals surface area contributed by atoms with Crippen molar-refractivity contribution < 1.29 is 58.5 Å². The van der Waals surface area contributed by atoms with Crippen molar-refractivity contribution in [2.45, 2.75) is 11.5 Å². The van der Waals surface area contributed by atoms with Gasteiger partial charge in [-0.3, -0.25) is 0 Å². The van der Waals surface area contributed by atoms with Crippen LogP contribution in [0.5, 0.6) is 0 Å². The molecule has 0 bridgehead atoms. The van der Waals surface area contributed by atoms with Gasteiger partial charge in [0.15, 0.2) is 9.84 Å². The first-order valence-electron chi connectivity index (χ1n) is 4.14. The summed E-state index contributed by atoms with van der Waals surface area (Å²) in [5.74, 6) is -1.28. The van der Waals surface area contributed by atoms with Gasteiger partial charge in [0.2, 0.25) is 0 Å². The number of aromatic carboxylic acids is 1. The molecule has 0 atom stereocenters. The van der Waals surface area contributed by atoms with Crippen LogP contribution in [0.1, 0.15) is 15.9 Å². The molecule has 0 aliphatic carbocycles. The summed E-state index contributed by atoms with van der Waals surface area (Å²) in [5, 5.41) is 17.5. The van der Waals surface area contributed by atoms with Gasteiger partial charge in [-0.15, -0.1) is 0 Å². The van der Waals surface area contributed by atoms with Crippen LogP contribution >= 0.6 is 11.6 Å². The van der Waals surface area contributed by atoms with E-state index >= 15 is 0 Å². The van der Waals surface area contributed by atoms with Crippen LogP contribution in [0, 0.1) is 0 Å². The molecule has 0 aliphatic rings. The molecule has 0 aromatic heterocycles. The number of carboxylic acids is 1. The first kappa shape index (κ1) is 20.2. The summed E-state index contributed by atoms with van der Waals surface area (Å²) in [6.45, 7) is -0.637. The van der Waals surface area contributed by atoms with Gasteiger partial charge in [0.05, 0.1) is 22.1 Å². The normalized spacial score (nSPS) is 10.2. The average Bonchev–Trinajstić information content (AvgIpc) is 2.15. The molecule has 96 valence electrons. The van der Waals surface area contributed by atoms with Crippen molar-refractivity contribution in [3.63, 3.8) is 0 Å². The first-order valence-corrected chi connectivity index (χ1v) is 6.41. The van der Waals surface area contributed by atoms with E-state index in [0.29, 0.717) is 0 Å². The number of carbonyl (C=O) groups is 1. The number of aliphatic hydroxyl groups is 1. The molecule has 6 nitrogen and oxygen atoms in total. The fourth-order valence-corrected chi connectivity index (χ4v) is 2.55. The van der Waals surface area contributed by atoms with E-state index in [0.717, 1.165) is 18.4 Å². The molecule has 18 heavy (non-hydrogen) atoms. The molecule has 0 aliphatic heterocycles. The van der Waals surface area contributed by atoms with Gasteiger partial charge in [0, 0.05) is 11.8 Å². The van der Waals surface area contributed by atoms with Crippen LogP contribution in [0.4, 0.5) is 0 Å². The molecule has 0 heterocycles. The predicted molar refractivity (Wildman–Crippen MR) is 59.4 cm³/mol. The SMILES string of the molecule is CS(=O)(=O)c1ccc(C(=O)O)c(Cl)c1CO.[Na+].[OH-]. The van der Waals surface area contributed by atoms with Crippen molar-refractivity contribution in [2.24, 2.45) is 0 Å². The van der Waals surface area contributed by atoms with Gasteiger partial charge in [-0.05, 0) is 12.1 Å². The Morgan fingerprint density at radius 1 is 1.39 bits per heavy atom. The van der Waals surface area contributed by atoms with Crippen LogP contribution in [0.25, 0.3) is 0 Å². The standard InChI is InChI=1S/C9H9ClO5S.Na.H2O/c1-16(14,15)7-3-2-5(9(12)13)8(10)6(7)4-11;;/h2-3,11H,4H2,1H3,(H,12,13);;1H2/q;+1;/p-1. The van der Waals surface area contributed by atoms with Crippen molar-refractivity contribution in [3.05, 3.63) is 28.3 Å². The molecule has 0 saturated carbocycles. The molecular weight excluding hydrogens is 295 g/mol. The van der Waals surface area contributed by atoms with Crippen molar-refractivity contribution in [1.29, 1.82) is 0 Å². The van der Waals surface area contributed by atoms with E-state index in [1.807, 2.05) is 0 Å². The first-order chi connectivity index (χ1) is 7.29. The Bertz CT molecular complexity index is 542. The van der Waals surface area contributed by atoms with Crippen LogP contribution in [0.3, 0.4) is 0 Å². The summed E-state index contributed by atoms with van der Waals surface area (Å²) in [6, 6.07) is 2.22. The second-order valence-electron chi connectivity index (χ2n) is 3.14. The van der Waals surface area contributed by atoms with Crippen LogP contribution in [0.15, 0.2) is 17.0 Å². The zero-order valence-corrected chi connectivity index (χ0v) is 13.3. The summed E-state index contributed by atoms with van der Waals surface area (Å²) in [7, 11) is -3.55. The Hall–Kier alpha value is -0.150. The molecule has 0 fully saturated rings. The Morgan fingerprint density at radius 3 is 2.22 bits per heavy atom. The second-order valence-corrected chi connectivity index (χ2v) is 5.50. The molecular formula is C9H10ClNaO6S. The monoisotopic (exact) mass is 304 g/mol.